The number of hydrogen-bond donors (Lipinski definition) is 0. The Morgan fingerprint density at radius 3 is 2.63 bits per heavy atom. The van der Waals surface area contributed by atoms with Gasteiger partial charge in [0.2, 0.25) is 5.91 Å². The molecule has 9 heteroatoms. The molecule has 1 saturated heterocycles. The SMILES string of the molecule is CCOC(=O)[C@@H]1CCCN(C(=O)C[C@H](c2cccc(F)c2)c2cn(Cc3ccccc3)c3ccc([N+](=O)[O-])cc23)C1. The number of benzene rings is 3. The van der Waals surface area contributed by atoms with Gasteiger partial charge >= 0.3 is 5.97 Å². The highest BCUT2D eigenvalue weighted by atomic mass is 19.1. The Hall–Kier alpha value is -4.53. The number of nitro benzene ring substituents is 1. The number of carbonyl (C=O) groups is 2. The number of non-ortho nitro benzene ring substituents is 1. The van der Waals surface area contributed by atoms with Crippen molar-refractivity contribution >= 4 is 28.5 Å². The molecule has 2 heterocycles. The summed E-state index contributed by atoms with van der Waals surface area (Å²) in [7, 11) is 0. The predicted molar refractivity (Wildman–Crippen MR) is 153 cm³/mol. The summed E-state index contributed by atoms with van der Waals surface area (Å²) < 4.78 is 21.7. The van der Waals surface area contributed by atoms with E-state index >= 15 is 0 Å². The van der Waals surface area contributed by atoms with Gasteiger partial charge in [0.1, 0.15) is 5.82 Å². The Labute approximate surface area is 237 Å². The monoisotopic (exact) mass is 557 g/mol. The van der Waals surface area contributed by atoms with Gasteiger partial charge in [0.05, 0.1) is 17.4 Å². The zero-order valence-corrected chi connectivity index (χ0v) is 22.9. The molecule has 1 aromatic heterocycles. The van der Waals surface area contributed by atoms with E-state index in [1.165, 1.54) is 24.3 Å². The number of nitro groups is 1. The summed E-state index contributed by atoms with van der Waals surface area (Å²) in [5.41, 5.74) is 3.07. The molecule has 0 unspecified atom stereocenters. The van der Waals surface area contributed by atoms with Gasteiger partial charge in [-0.1, -0.05) is 42.5 Å². The highest BCUT2D eigenvalue weighted by Crippen LogP contribution is 2.37. The Morgan fingerprint density at radius 1 is 1.10 bits per heavy atom. The molecule has 1 aliphatic heterocycles. The fourth-order valence-corrected chi connectivity index (χ4v) is 5.71. The maximum atomic E-state index is 14.5. The van der Waals surface area contributed by atoms with Crippen molar-refractivity contribution in [2.24, 2.45) is 5.92 Å². The number of piperidine rings is 1. The highest BCUT2D eigenvalue weighted by molar-refractivity contribution is 5.88. The maximum Gasteiger partial charge on any atom is 0.310 e. The Morgan fingerprint density at radius 2 is 1.90 bits per heavy atom. The van der Waals surface area contributed by atoms with Gasteiger partial charge in [-0.2, -0.15) is 0 Å². The molecule has 0 bridgehead atoms. The molecule has 0 saturated carbocycles. The number of ether oxygens (including phenoxy) is 1. The van der Waals surface area contributed by atoms with Gasteiger partial charge in [-0.15, -0.1) is 0 Å². The zero-order chi connectivity index (χ0) is 28.9. The molecule has 0 N–H and O–H groups in total. The second-order valence-electron chi connectivity index (χ2n) is 10.4. The average Bonchev–Trinajstić information content (AvgIpc) is 3.33. The van der Waals surface area contributed by atoms with Crippen LogP contribution >= 0.6 is 0 Å². The highest BCUT2D eigenvalue weighted by Gasteiger charge is 2.32. The van der Waals surface area contributed by atoms with Crippen LogP contribution in [0.25, 0.3) is 10.9 Å². The summed E-state index contributed by atoms with van der Waals surface area (Å²) >= 11 is 0. The van der Waals surface area contributed by atoms with Crippen LogP contribution in [0.4, 0.5) is 10.1 Å². The van der Waals surface area contributed by atoms with Crippen LogP contribution in [0.2, 0.25) is 0 Å². The number of fused-ring (bicyclic) bond motifs is 1. The molecule has 2 atom stereocenters. The third-order valence-corrected chi connectivity index (χ3v) is 7.70. The molecule has 8 nitrogen and oxygen atoms in total. The lowest BCUT2D eigenvalue weighted by molar-refractivity contribution is -0.384. The molecule has 212 valence electrons. The van der Waals surface area contributed by atoms with Crippen LogP contribution in [0.5, 0.6) is 0 Å². The number of aromatic nitrogens is 1. The van der Waals surface area contributed by atoms with Crippen molar-refractivity contribution in [2.75, 3.05) is 19.7 Å². The van der Waals surface area contributed by atoms with Gasteiger partial charge in [0.15, 0.2) is 0 Å². The van der Waals surface area contributed by atoms with Gasteiger partial charge in [-0.25, -0.2) is 4.39 Å². The summed E-state index contributed by atoms with van der Waals surface area (Å²) in [6, 6.07) is 20.7. The van der Waals surface area contributed by atoms with Crippen LogP contribution in [0.1, 0.15) is 48.8 Å². The van der Waals surface area contributed by atoms with Gasteiger partial charge in [0.25, 0.3) is 5.69 Å². The molecule has 0 aliphatic carbocycles. The molecule has 1 aliphatic rings. The smallest absolute Gasteiger partial charge is 0.310 e. The van der Waals surface area contributed by atoms with Crippen LogP contribution in [0, 0.1) is 21.8 Å². The average molecular weight is 558 g/mol. The number of esters is 1. The van der Waals surface area contributed by atoms with Crippen molar-refractivity contribution in [1.29, 1.82) is 0 Å². The Kier molecular flexibility index (Phi) is 8.42. The quantitative estimate of drug-likeness (QED) is 0.142. The molecule has 3 aromatic carbocycles. The van der Waals surface area contributed by atoms with E-state index in [9.17, 15) is 24.1 Å². The van der Waals surface area contributed by atoms with E-state index in [2.05, 4.69) is 0 Å². The normalized spacial score (nSPS) is 16.0. The second kappa shape index (κ2) is 12.3. The maximum absolute atomic E-state index is 14.5. The van der Waals surface area contributed by atoms with Gasteiger partial charge in [0, 0.05) is 61.2 Å². The minimum atomic E-state index is -0.567. The predicted octanol–water partition coefficient (Wildman–Crippen LogP) is 6.06. The lowest BCUT2D eigenvalue weighted by atomic mass is 9.87. The van der Waals surface area contributed by atoms with E-state index in [1.807, 2.05) is 41.1 Å². The first-order valence-corrected chi connectivity index (χ1v) is 13.8. The van der Waals surface area contributed by atoms with Gasteiger partial charge < -0.3 is 14.2 Å². The molecular formula is C32H32FN3O5. The topological polar surface area (TPSA) is 94.7 Å². The van der Waals surface area contributed by atoms with Crippen LogP contribution in [0.15, 0.2) is 79.0 Å². The van der Waals surface area contributed by atoms with Crippen molar-refractivity contribution in [1.82, 2.24) is 9.47 Å². The summed E-state index contributed by atoms with van der Waals surface area (Å²) in [5, 5.41) is 12.3. The van der Waals surface area contributed by atoms with Crippen molar-refractivity contribution in [3.8, 4) is 0 Å². The zero-order valence-electron chi connectivity index (χ0n) is 22.9. The fraction of sp³-hybridized carbons (Fsp3) is 0.312. The van der Waals surface area contributed by atoms with Crippen LogP contribution in [0.3, 0.4) is 0 Å². The van der Waals surface area contributed by atoms with Gasteiger partial charge in [-0.3, -0.25) is 19.7 Å². The third-order valence-electron chi connectivity index (χ3n) is 7.70. The Bertz CT molecular complexity index is 1570. The summed E-state index contributed by atoms with van der Waals surface area (Å²) in [6.07, 6.45) is 3.28. The second-order valence-corrected chi connectivity index (χ2v) is 10.4. The number of nitrogens with zero attached hydrogens (tertiary/aromatic N) is 3. The van der Waals surface area contributed by atoms with E-state index < -0.39 is 16.7 Å². The summed E-state index contributed by atoms with van der Waals surface area (Å²) in [6.45, 7) is 3.35. The first-order chi connectivity index (χ1) is 19.8. The van der Waals surface area contributed by atoms with Crippen LogP contribution in [-0.4, -0.2) is 46.0 Å². The van der Waals surface area contributed by atoms with E-state index in [1.54, 1.807) is 30.0 Å². The first kappa shape index (κ1) is 28.0. The molecule has 1 fully saturated rings. The molecule has 0 radical (unpaired) electrons. The summed E-state index contributed by atoms with van der Waals surface area (Å²) in [4.78, 5) is 39.1. The molecule has 4 aromatic rings. The van der Waals surface area contributed by atoms with Crippen molar-refractivity contribution < 1.29 is 23.6 Å². The number of amides is 1. The molecular weight excluding hydrogens is 525 g/mol. The molecule has 1 amide bonds. The standard InChI is InChI=1S/C32H32FN3O5/c1-2-41-32(38)24-11-7-15-34(20-24)31(37)18-27(23-10-6-12-25(33)16-23)29-21-35(19-22-8-4-3-5-9-22)30-14-13-26(36(39)40)17-28(29)30/h3-6,8-10,12-14,16-17,21,24,27H,2,7,11,15,18-20H2,1H3/t24-,27-/m1/s1. The van der Waals surface area contributed by atoms with Gasteiger partial charge in [-0.05, 0) is 54.7 Å². The molecule has 0 spiro atoms. The lowest BCUT2D eigenvalue weighted by Crippen LogP contribution is -2.43. The number of rotatable bonds is 9. The minimum Gasteiger partial charge on any atom is -0.466 e. The number of halogens is 1. The molecule has 41 heavy (non-hydrogen) atoms. The number of hydrogen-bond acceptors (Lipinski definition) is 5. The van der Waals surface area contributed by atoms with Crippen molar-refractivity contribution in [2.45, 2.75) is 38.6 Å². The number of likely N-dealkylation sites (tertiary alicyclic amines) is 1. The summed E-state index contributed by atoms with van der Waals surface area (Å²) in [5.74, 6) is -1.84. The molecule has 5 rings (SSSR count). The van der Waals surface area contributed by atoms with Crippen molar-refractivity contribution in [3.63, 3.8) is 0 Å². The van der Waals surface area contributed by atoms with E-state index in [-0.39, 0.29) is 43.1 Å². The Balaban J connectivity index is 1.56. The van der Waals surface area contributed by atoms with Crippen LogP contribution < -0.4 is 0 Å². The third kappa shape index (κ3) is 6.29. The van der Waals surface area contributed by atoms with Crippen molar-refractivity contribution in [3.05, 3.63) is 112 Å². The van der Waals surface area contributed by atoms with E-state index in [4.69, 9.17) is 4.74 Å². The van der Waals surface area contributed by atoms with E-state index in [0.717, 1.165) is 11.1 Å². The largest absolute Gasteiger partial charge is 0.466 e. The first-order valence-electron chi connectivity index (χ1n) is 13.8. The number of carbonyl (C=O) groups excluding carboxylic acids is 2. The van der Waals surface area contributed by atoms with E-state index in [0.29, 0.717) is 42.4 Å². The fourth-order valence-electron chi connectivity index (χ4n) is 5.71. The minimum absolute atomic E-state index is 0.0200. The van der Waals surface area contributed by atoms with Crippen LogP contribution in [-0.2, 0) is 20.9 Å². The lowest BCUT2D eigenvalue weighted by Gasteiger charge is -2.32.